The SMILES string of the molecule is Cc1ncc(OC[C@]2(c3cccc(F)c3)C[C@@H]2C(=O)Nc2ccc(F)cn2)c(C)n1. The summed E-state index contributed by atoms with van der Waals surface area (Å²) in [6.45, 7) is 3.77. The zero-order chi connectivity index (χ0) is 21.3. The Morgan fingerprint density at radius 2 is 2.00 bits per heavy atom. The summed E-state index contributed by atoms with van der Waals surface area (Å²) in [4.78, 5) is 25.1. The molecule has 0 bridgehead atoms. The third-order valence-corrected chi connectivity index (χ3v) is 5.31. The summed E-state index contributed by atoms with van der Waals surface area (Å²) in [6.07, 6.45) is 3.11. The molecule has 1 aromatic carbocycles. The van der Waals surface area contributed by atoms with Crippen LogP contribution in [0.15, 0.2) is 48.8 Å². The average molecular weight is 410 g/mol. The van der Waals surface area contributed by atoms with Crippen molar-refractivity contribution in [2.24, 2.45) is 5.92 Å². The molecule has 1 aliphatic carbocycles. The second-order valence-electron chi connectivity index (χ2n) is 7.43. The number of pyridine rings is 1. The molecule has 1 N–H and O–H groups in total. The summed E-state index contributed by atoms with van der Waals surface area (Å²) in [5.74, 6) is -0.190. The van der Waals surface area contributed by atoms with Crippen molar-refractivity contribution >= 4 is 11.7 Å². The molecule has 154 valence electrons. The maximum atomic E-state index is 13.9. The summed E-state index contributed by atoms with van der Waals surface area (Å²) >= 11 is 0. The Hall–Kier alpha value is -3.42. The van der Waals surface area contributed by atoms with Crippen molar-refractivity contribution < 1.29 is 18.3 Å². The minimum absolute atomic E-state index is 0.165. The number of carbonyl (C=O) groups is 1. The van der Waals surface area contributed by atoms with Crippen LogP contribution in [-0.4, -0.2) is 27.5 Å². The number of nitrogens with one attached hydrogen (secondary N) is 1. The van der Waals surface area contributed by atoms with Gasteiger partial charge in [-0.05, 0) is 50.1 Å². The van der Waals surface area contributed by atoms with Gasteiger partial charge in [-0.3, -0.25) is 4.79 Å². The number of ether oxygens (including phenoxy) is 1. The molecular weight excluding hydrogens is 390 g/mol. The minimum Gasteiger partial charge on any atom is -0.489 e. The lowest BCUT2D eigenvalue weighted by atomic mass is 9.93. The molecule has 0 spiro atoms. The molecule has 2 heterocycles. The van der Waals surface area contributed by atoms with Crippen molar-refractivity contribution in [2.45, 2.75) is 25.7 Å². The fraction of sp³-hybridized carbons (Fsp3) is 0.273. The van der Waals surface area contributed by atoms with Crippen molar-refractivity contribution in [3.8, 4) is 5.75 Å². The van der Waals surface area contributed by atoms with Crippen LogP contribution in [0.3, 0.4) is 0 Å². The Balaban J connectivity index is 1.56. The highest BCUT2D eigenvalue weighted by atomic mass is 19.1. The number of aryl methyl sites for hydroxylation is 2. The van der Waals surface area contributed by atoms with E-state index in [1.165, 1.54) is 24.3 Å². The van der Waals surface area contributed by atoms with Crippen molar-refractivity contribution in [2.75, 3.05) is 11.9 Å². The van der Waals surface area contributed by atoms with Gasteiger partial charge in [-0.25, -0.2) is 23.7 Å². The highest BCUT2D eigenvalue weighted by Gasteiger charge is 2.60. The second-order valence-corrected chi connectivity index (χ2v) is 7.43. The summed E-state index contributed by atoms with van der Waals surface area (Å²) in [6, 6.07) is 8.79. The van der Waals surface area contributed by atoms with Gasteiger partial charge in [0.05, 0.1) is 30.6 Å². The number of hydrogen-bond acceptors (Lipinski definition) is 5. The summed E-state index contributed by atoms with van der Waals surface area (Å²) in [5, 5.41) is 2.70. The first-order chi connectivity index (χ1) is 14.4. The van der Waals surface area contributed by atoms with E-state index in [0.29, 0.717) is 29.3 Å². The van der Waals surface area contributed by atoms with Gasteiger partial charge in [0, 0.05) is 5.41 Å². The third-order valence-electron chi connectivity index (χ3n) is 5.31. The van der Waals surface area contributed by atoms with Crippen molar-refractivity contribution in [3.63, 3.8) is 0 Å². The summed E-state index contributed by atoms with van der Waals surface area (Å²) < 4.78 is 32.9. The molecule has 1 fully saturated rings. The normalized spacial score (nSPS) is 19.9. The lowest BCUT2D eigenvalue weighted by molar-refractivity contribution is -0.117. The minimum atomic E-state index is -0.691. The van der Waals surface area contributed by atoms with Crippen molar-refractivity contribution in [1.29, 1.82) is 0 Å². The van der Waals surface area contributed by atoms with E-state index in [1.807, 2.05) is 6.92 Å². The van der Waals surface area contributed by atoms with Crippen LogP contribution in [0.25, 0.3) is 0 Å². The van der Waals surface area contributed by atoms with Crippen LogP contribution < -0.4 is 10.1 Å². The molecule has 6 nitrogen and oxygen atoms in total. The molecule has 1 saturated carbocycles. The van der Waals surface area contributed by atoms with Gasteiger partial charge in [0.1, 0.15) is 23.3 Å². The number of rotatable bonds is 6. The fourth-order valence-corrected chi connectivity index (χ4v) is 3.59. The van der Waals surface area contributed by atoms with E-state index < -0.39 is 17.2 Å². The monoisotopic (exact) mass is 410 g/mol. The van der Waals surface area contributed by atoms with Crippen LogP contribution in [0.4, 0.5) is 14.6 Å². The van der Waals surface area contributed by atoms with Crippen LogP contribution in [0.1, 0.15) is 23.5 Å². The van der Waals surface area contributed by atoms with E-state index in [9.17, 15) is 13.6 Å². The zero-order valence-corrected chi connectivity index (χ0v) is 16.5. The molecule has 0 radical (unpaired) electrons. The van der Waals surface area contributed by atoms with Gasteiger partial charge in [0.15, 0.2) is 5.75 Å². The average Bonchev–Trinajstić information content (AvgIpc) is 3.45. The van der Waals surface area contributed by atoms with Crippen LogP contribution in [0.2, 0.25) is 0 Å². The van der Waals surface area contributed by atoms with Gasteiger partial charge in [0.2, 0.25) is 5.91 Å². The number of halogens is 2. The molecule has 0 unspecified atom stereocenters. The topological polar surface area (TPSA) is 77.0 Å². The van der Waals surface area contributed by atoms with Gasteiger partial charge < -0.3 is 10.1 Å². The number of nitrogens with zero attached hydrogens (tertiary/aromatic N) is 3. The van der Waals surface area contributed by atoms with Crippen molar-refractivity contribution in [3.05, 3.63) is 77.5 Å². The van der Waals surface area contributed by atoms with Crippen LogP contribution in [0.5, 0.6) is 5.75 Å². The molecule has 2 atom stereocenters. The Morgan fingerprint density at radius 1 is 1.17 bits per heavy atom. The van der Waals surface area contributed by atoms with Gasteiger partial charge in [-0.15, -0.1) is 0 Å². The molecule has 0 aliphatic heterocycles. The standard InChI is InChI=1S/C22H20F2N4O2/c1-13-19(11-25-14(2)27-13)30-12-22(15-4-3-5-16(23)8-15)9-18(22)21(29)28-20-7-6-17(24)10-26-20/h3-8,10-11,18H,9,12H2,1-2H3,(H,26,28,29)/t18-,22+/m1/s1. The Labute approximate surface area is 172 Å². The number of carbonyl (C=O) groups excluding carboxylic acids is 1. The molecule has 1 aliphatic rings. The maximum absolute atomic E-state index is 13.9. The van der Waals surface area contributed by atoms with E-state index in [1.54, 1.807) is 25.3 Å². The first-order valence-electron chi connectivity index (χ1n) is 9.49. The Bertz CT molecular complexity index is 1090. The first kappa shape index (κ1) is 19.9. The predicted molar refractivity (Wildman–Crippen MR) is 106 cm³/mol. The number of amides is 1. The van der Waals surface area contributed by atoms with Gasteiger partial charge in [-0.2, -0.15) is 0 Å². The Kier molecular flexibility index (Phi) is 5.15. The number of aromatic nitrogens is 3. The van der Waals surface area contributed by atoms with Gasteiger partial charge in [0.25, 0.3) is 0 Å². The Morgan fingerprint density at radius 3 is 2.70 bits per heavy atom. The number of hydrogen-bond donors (Lipinski definition) is 1. The van der Waals surface area contributed by atoms with Crippen molar-refractivity contribution in [1.82, 2.24) is 15.0 Å². The molecule has 8 heteroatoms. The molecule has 4 rings (SSSR count). The smallest absolute Gasteiger partial charge is 0.229 e. The summed E-state index contributed by atoms with van der Waals surface area (Å²) in [5.41, 5.74) is 0.679. The van der Waals surface area contributed by atoms with Crippen LogP contribution in [0, 0.1) is 31.4 Å². The van der Waals surface area contributed by atoms with Gasteiger partial charge >= 0.3 is 0 Å². The molecule has 3 aromatic rings. The number of anilines is 1. The molecule has 2 aromatic heterocycles. The maximum Gasteiger partial charge on any atom is 0.229 e. The largest absolute Gasteiger partial charge is 0.489 e. The second kappa shape index (κ2) is 7.78. The first-order valence-corrected chi connectivity index (χ1v) is 9.49. The van der Waals surface area contributed by atoms with E-state index in [0.717, 1.165) is 6.20 Å². The van der Waals surface area contributed by atoms with E-state index in [-0.39, 0.29) is 24.1 Å². The van der Waals surface area contributed by atoms with E-state index in [4.69, 9.17) is 4.74 Å². The highest BCUT2D eigenvalue weighted by molar-refractivity contribution is 5.95. The lowest BCUT2D eigenvalue weighted by Crippen LogP contribution is -2.27. The highest BCUT2D eigenvalue weighted by Crippen LogP contribution is 2.55. The molecular formula is C22H20F2N4O2. The zero-order valence-electron chi connectivity index (χ0n) is 16.5. The lowest BCUT2D eigenvalue weighted by Gasteiger charge is -2.19. The fourth-order valence-electron chi connectivity index (χ4n) is 3.59. The molecule has 30 heavy (non-hydrogen) atoms. The van der Waals surface area contributed by atoms with E-state index in [2.05, 4.69) is 20.3 Å². The van der Waals surface area contributed by atoms with E-state index >= 15 is 0 Å². The summed E-state index contributed by atoms with van der Waals surface area (Å²) in [7, 11) is 0. The predicted octanol–water partition coefficient (Wildman–Crippen LogP) is 3.74. The van der Waals surface area contributed by atoms with Crippen LogP contribution >= 0.6 is 0 Å². The third kappa shape index (κ3) is 3.98. The molecule has 1 amide bonds. The van der Waals surface area contributed by atoms with Gasteiger partial charge in [-0.1, -0.05) is 12.1 Å². The molecule has 0 saturated heterocycles. The quantitative estimate of drug-likeness (QED) is 0.670. The number of benzene rings is 1. The van der Waals surface area contributed by atoms with Crippen LogP contribution in [-0.2, 0) is 10.2 Å².